The fourth-order valence-corrected chi connectivity index (χ4v) is 4.07. The summed E-state index contributed by atoms with van der Waals surface area (Å²) in [6.45, 7) is 4.84. The van der Waals surface area contributed by atoms with Crippen molar-refractivity contribution >= 4 is 5.91 Å². The quantitative estimate of drug-likeness (QED) is 0.858. The van der Waals surface area contributed by atoms with Gasteiger partial charge < -0.3 is 14.4 Å². The molecule has 2 saturated heterocycles. The molecule has 0 unspecified atom stereocenters. The van der Waals surface area contributed by atoms with Crippen LogP contribution in [0.5, 0.6) is 0 Å². The number of carbonyl (C=O) groups excluding carboxylic acids is 1. The van der Waals surface area contributed by atoms with E-state index in [1.165, 1.54) is 32.2 Å². The molecule has 1 aromatic rings. The fourth-order valence-electron chi connectivity index (χ4n) is 4.07. The highest BCUT2D eigenvalue weighted by Gasteiger charge is 2.38. The van der Waals surface area contributed by atoms with Gasteiger partial charge in [0.2, 0.25) is 5.91 Å². The van der Waals surface area contributed by atoms with Crippen molar-refractivity contribution < 1.29 is 4.79 Å². The number of nitrogens with zero attached hydrogens (tertiary/aromatic N) is 4. The van der Waals surface area contributed by atoms with Crippen molar-refractivity contribution in [1.82, 2.24) is 19.4 Å². The molecule has 3 heterocycles. The zero-order chi connectivity index (χ0) is 15.5. The molecular weight excluding hydrogens is 276 g/mol. The van der Waals surface area contributed by atoms with E-state index >= 15 is 0 Å². The summed E-state index contributed by atoms with van der Waals surface area (Å²) < 4.78 is 2.07. The smallest absolute Gasteiger partial charge is 0.224 e. The topological polar surface area (TPSA) is 41.4 Å². The Kier molecular flexibility index (Phi) is 4.81. The minimum Gasteiger partial charge on any atom is -0.338 e. The molecule has 1 amide bonds. The summed E-state index contributed by atoms with van der Waals surface area (Å²) in [4.78, 5) is 21.6. The Bertz CT molecular complexity index is 513. The molecule has 0 aliphatic carbocycles. The molecule has 3 rings (SSSR count). The summed E-state index contributed by atoms with van der Waals surface area (Å²) >= 11 is 0. The minimum absolute atomic E-state index is 0.314. The molecule has 0 radical (unpaired) electrons. The third kappa shape index (κ3) is 3.19. The van der Waals surface area contributed by atoms with Crippen LogP contribution >= 0.6 is 0 Å². The Morgan fingerprint density at radius 3 is 2.86 bits per heavy atom. The number of imidazole rings is 1. The minimum atomic E-state index is 0.314. The zero-order valence-electron chi connectivity index (χ0n) is 13.9. The lowest BCUT2D eigenvalue weighted by Gasteiger charge is -2.35. The molecule has 5 heteroatoms. The summed E-state index contributed by atoms with van der Waals surface area (Å²) in [5, 5.41) is 0. The first-order chi connectivity index (χ1) is 10.7. The molecule has 0 N–H and O–H groups in total. The van der Waals surface area contributed by atoms with Gasteiger partial charge in [0.05, 0.1) is 0 Å². The van der Waals surface area contributed by atoms with Crippen molar-refractivity contribution in [3.05, 3.63) is 18.2 Å². The van der Waals surface area contributed by atoms with Crippen LogP contribution in [-0.4, -0.2) is 57.5 Å². The van der Waals surface area contributed by atoms with Gasteiger partial charge in [-0.15, -0.1) is 0 Å². The van der Waals surface area contributed by atoms with Crippen molar-refractivity contribution in [2.75, 3.05) is 20.1 Å². The maximum atomic E-state index is 12.7. The van der Waals surface area contributed by atoms with Gasteiger partial charge in [-0.1, -0.05) is 12.8 Å². The van der Waals surface area contributed by atoms with Crippen LogP contribution in [0.2, 0.25) is 0 Å². The Balaban J connectivity index is 1.61. The van der Waals surface area contributed by atoms with E-state index in [4.69, 9.17) is 0 Å². The van der Waals surface area contributed by atoms with E-state index in [0.717, 1.165) is 25.3 Å². The van der Waals surface area contributed by atoms with E-state index in [0.29, 0.717) is 24.4 Å². The van der Waals surface area contributed by atoms with Crippen LogP contribution in [-0.2, 0) is 11.3 Å². The number of carbonyl (C=O) groups is 1. The molecule has 122 valence electrons. The van der Waals surface area contributed by atoms with Gasteiger partial charge in [0.25, 0.3) is 0 Å². The van der Waals surface area contributed by atoms with Gasteiger partial charge in [0.1, 0.15) is 5.82 Å². The number of aromatic nitrogens is 2. The Morgan fingerprint density at radius 1 is 1.23 bits per heavy atom. The van der Waals surface area contributed by atoms with Crippen molar-refractivity contribution in [1.29, 1.82) is 0 Å². The molecule has 0 aromatic carbocycles. The van der Waals surface area contributed by atoms with Gasteiger partial charge in [0.15, 0.2) is 0 Å². The average molecular weight is 304 g/mol. The second-order valence-corrected chi connectivity index (χ2v) is 6.76. The molecule has 0 saturated carbocycles. The molecule has 22 heavy (non-hydrogen) atoms. The summed E-state index contributed by atoms with van der Waals surface area (Å²) in [6.07, 6.45) is 10.5. The predicted octanol–water partition coefficient (Wildman–Crippen LogP) is 2.06. The molecule has 2 aliphatic rings. The third-order valence-electron chi connectivity index (χ3n) is 5.40. The normalized spacial score (nSPS) is 26.5. The van der Waals surface area contributed by atoms with Crippen molar-refractivity contribution in [2.24, 2.45) is 0 Å². The highest BCUT2D eigenvalue weighted by molar-refractivity contribution is 5.77. The highest BCUT2D eigenvalue weighted by Crippen LogP contribution is 2.29. The molecule has 2 atom stereocenters. The fraction of sp³-hybridized carbons (Fsp3) is 0.765. The van der Waals surface area contributed by atoms with Crippen LogP contribution in [0.3, 0.4) is 0 Å². The van der Waals surface area contributed by atoms with Gasteiger partial charge in [0, 0.05) is 44.0 Å². The van der Waals surface area contributed by atoms with E-state index in [-0.39, 0.29) is 0 Å². The number of hydrogen-bond acceptors (Lipinski definition) is 3. The van der Waals surface area contributed by atoms with E-state index in [1.54, 1.807) is 6.20 Å². The van der Waals surface area contributed by atoms with E-state index in [1.807, 2.05) is 13.1 Å². The van der Waals surface area contributed by atoms with Crippen LogP contribution in [0.25, 0.3) is 0 Å². The van der Waals surface area contributed by atoms with E-state index in [2.05, 4.69) is 26.4 Å². The first kappa shape index (κ1) is 15.5. The predicted molar refractivity (Wildman–Crippen MR) is 86.6 cm³/mol. The third-order valence-corrected chi connectivity index (χ3v) is 5.40. The molecule has 2 aliphatic heterocycles. The highest BCUT2D eigenvalue weighted by atomic mass is 16.2. The monoisotopic (exact) mass is 304 g/mol. The van der Waals surface area contributed by atoms with Crippen molar-refractivity contribution in [3.8, 4) is 0 Å². The number of fused-ring (bicyclic) bond motifs is 1. The van der Waals surface area contributed by atoms with E-state index in [9.17, 15) is 4.79 Å². The summed E-state index contributed by atoms with van der Waals surface area (Å²) in [6, 6.07) is 1.00. The summed E-state index contributed by atoms with van der Waals surface area (Å²) in [5.41, 5.74) is 0. The lowest BCUT2D eigenvalue weighted by molar-refractivity contribution is -0.133. The lowest BCUT2D eigenvalue weighted by Crippen LogP contribution is -2.46. The zero-order valence-corrected chi connectivity index (χ0v) is 13.9. The molecule has 2 fully saturated rings. The Morgan fingerprint density at radius 2 is 2.09 bits per heavy atom. The summed E-state index contributed by atoms with van der Waals surface area (Å²) in [5.74, 6) is 1.30. The molecule has 0 bridgehead atoms. The number of hydrogen-bond donors (Lipinski definition) is 0. The van der Waals surface area contributed by atoms with Gasteiger partial charge in [-0.2, -0.15) is 0 Å². The Hall–Kier alpha value is -1.36. The number of likely N-dealkylation sites (N-methyl/N-ethyl adjacent to an activating group) is 1. The lowest BCUT2D eigenvalue weighted by atomic mass is 9.97. The Labute approximate surface area is 133 Å². The molecular formula is C17H28N4O. The number of rotatable bonds is 3. The average Bonchev–Trinajstić information content (AvgIpc) is 3.08. The first-order valence-corrected chi connectivity index (χ1v) is 8.64. The largest absolute Gasteiger partial charge is 0.338 e. The SMILES string of the molecule is Cc1nccn1CCC(=O)N1CC[C@H]2[C@H]1CCCCCN2C. The van der Waals surface area contributed by atoms with E-state index < -0.39 is 0 Å². The summed E-state index contributed by atoms with van der Waals surface area (Å²) in [7, 11) is 2.23. The van der Waals surface area contributed by atoms with Crippen LogP contribution in [0, 0.1) is 6.92 Å². The number of likely N-dealkylation sites (tertiary alicyclic amines) is 2. The molecule has 1 aromatic heterocycles. The van der Waals surface area contributed by atoms with Crippen LogP contribution in [0.15, 0.2) is 12.4 Å². The van der Waals surface area contributed by atoms with Gasteiger partial charge in [-0.25, -0.2) is 4.98 Å². The van der Waals surface area contributed by atoms with Gasteiger partial charge in [-0.05, 0) is 39.8 Å². The van der Waals surface area contributed by atoms with Crippen LogP contribution in [0.1, 0.15) is 44.3 Å². The van der Waals surface area contributed by atoms with Crippen LogP contribution < -0.4 is 0 Å². The van der Waals surface area contributed by atoms with Gasteiger partial charge >= 0.3 is 0 Å². The maximum absolute atomic E-state index is 12.7. The standard InChI is InChI=1S/C17H28N4O/c1-14-18-9-13-20(14)11-8-17(22)21-12-7-15-16(21)6-4-3-5-10-19(15)2/h9,13,15-16H,3-8,10-12H2,1-2H3/t15-,16+/m0/s1. The van der Waals surface area contributed by atoms with Crippen molar-refractivity contribution in [2.45, 2.75) is 64.1 Å². The molecule has 5 nitrogen and oxygen atoms in total. The number of aryl methyl sites for hydroxylation is 2. The van der Waals surface area contributed by atoms with Gasteiger partial charge in [-0.3, -0.25) is 4.79 Å². The molecule has 0 spiro atoms. The number of amides is 1. The van der Waals surface area contributed by atoms with Crippen molar-refractivity contribution in [3.63, 3.8) is 0 Å². The van der Waals surface area contributed by atoms with Crippen LogP contribution in [0.4, 0.5) is 0 Å². The second kappa shape index (κ2) is 6.82. The first-order valence-electron chi connectivity index (χ1n) is 8.64. The second-order valence-electron chi connectivity index (χ2n) is 6.76. The maximum Gasteiger partial charge on any atom is 0.224 e.